The number of aryl methyl sites for hydroxylation is 2. The van der Waals surface area contributed by atoms with Crippen LogP contribution < -0.4 is 9.73 Å². The smallest absolute Gasteiger partial charge is 0.264 e. The van der Waals surface area contributed by atoms with Crippen LogP contribution in [0.1, 0.15) is 22.5 Å². The van der Waals surface area contributed by atoms with Gasteiger partial charge in [-0.05, 0) is 63.2 Å². The van der Waals surface area contributed by atoms with Crippen LogP contribution in [-0.2, 0) is 14.8 Å². The summed E-state index contributed by atoms with van der Waals surface area (Å²) in [7, 11) is -4.21. The molecule has 4 rings (SSSR count). The van der Waals surface area contributed by atoms with E-state index in [1.807, 2.05) is 51.1 Å². The quantitative estimate of drug-likeness (QED) is 0.266. The third kappa shape index (κ3) is 5.62. The van der Waals surface area contributed by atoms with Gasteiger partial charge in [-0.3, -0.25) is 9.10 Å². The first-order valence-electron chi connectivity index (χ1n) is 11.6. The van der Waals surface area contributed by atoms with Gasteiger partial charge < -0.3 is 4.57 Å². The van der Waals surface area contributed by atoms with Gasteiger partial charge in [-0.15, -0.1) is 0 Å². The first kappa shape index (κ1) is 25.8. The Balaban J connectivity index is 1.55. The SMILES string of the molecule is Cc1ccc(-n2c(C)cc(/C=N\NC(=O)CN(c3ccccc3F)S(=O)(=O)c3ccccc3)c2C)cc1. The fourth-order valence-corrected chi connectivity index (χ4v) is 5.47. The number of carbonyl (C=O) groups excluding carboxylic acids is 1. The first-order valence-corrected chi connectivity index (χ1v) is 13.0. The molecule has 37 heavy (non-hydrogen) atoms. The summed E-state index contributed by atoms with van der Waals surface area (Å²) >= 11 is 0. The molecule has 1 amide bonds. The Bertz CT molecular complexity index is 1550. The lowest BCUT2D eigenvalue weighted by Gasteiger charge is -2.24. The molecule has 0 radical (unpaired) electrons. The molecule has 0 spiro atoms. The lowest BCUT2D eigenvalue weighted by molar-refractivity contribution is -0.119. The molecule has 0 aliphatic carbocycles. The summed E-state index contributed by atoms with van der Waals surface area (Å²) in [5, 5.41) is 4.04. The fourth-order valence-electron chi connectivity index (χ4n) is 4.02. The summed E-state index contributed by atoms with van der Waals surface area (Å²) in [5.41, 5.74) is 7.03. The van der Waals surface area contributed by atoms with E-state index in [1.54, 1.807) is 18.2 Å². The number of rotatable bonds is 8. The minimum absolute atomic E-state index is 0.0573. The Labute approximate surface area is 215 Å². The van der Waals surface area contributed by atoms with E-state index in [0.717, 1.165) is 38.6 Å². The summed E-state index contributed by atoms with van der Waals surface area (Å²) in [6.07, 6.45) is 1.50. The molecule has 0 aliphatic heterocycles. The first-order chi connectivity index (χ1) is 17.7. The number of sulfonamides is 1. The van der Waals surface area contributed by atoms with Crippen molar-refractivity contribution < 1.29 is 17.6 Å². The van der Waals surface area contributed by atoms with Crippen LogP contribution in [0.2, 0.25) is 0 Å². The minimum Gasteiger partial charge on any atom is -0.318 e. The molecule has 0 aliphatic rings. The van der Waals surface area contributed by atoms with Crippen molar-refractivity contribution in [3.8, 4) is 5.69 Å². The number of carbonyl (C=O) groups is 1. The standard InChI is InChI=1S/C28H27FN4O3S/c1-20-13-15-24(16-14-20)33-21(2)17-23(22(33)3)18-30-31-28(34)19-32(27-12-8-7-11-26(27)29)37(35,36)25-9-5-4-6-10-25/h4-18H,19H2,1-3H3,(H,31,34)/b30-18-. The molecule has 4 aromatic rings. The Morgan fingerprint density at radius 1 is 0.973 bits per heavy atom. The third-order valence-electron chi connectivity index (χ3n) is 5.89. The maximum absolute atomic E-state index is 14.6. The van der Waals surface area contributed by atoms with Crippen LogP contribution in [0.5, 0.6) is 0 Å². The van der Waals surface area contributed by atoms with Gasteiger partial charge in [0, 0.05) is 22.6 Å². The van der Waals surface area contributed by atoms with Gasteiger partial charge in [0.1, 0.15) is 12.4 Å². The van der Waals surface area contributed by atoms with Gasteiger partial charge in [0.2, 0.25) is 0 Å². The van der Waals surface area contributed by atoms with Crippen LogP contribution in [0, 0.1) is 26.6 Å². The van der Waals surface area contributed by atoms with Crippen molar-refractivity contribution in [3.63, 3.8) is 0 Å². The number of nitrogens with zero attached hydrogens (tertiary/aromatic N) is 3. The van der Waals surface area contributed by atoms with Gasteiger partial charge in [-0.1, -0.05) is 48.0 Å². The minimum atomic E-state index is -4.21. The molecule has 7 nitrogen and oxygen atoms in total. The Morgan fingerprint density at radius 3 is 2.30 bits per heavy atom. The third-order valence-corrected chi connectivity index (χ3v) is 7.67. The number of hydrazone groups is 1. The number of anilines is 1. The molecule has 0 bridgehead atoms. The maximum Gasteiger partial charge on any atom is 0.264 e. The largest absolute Gasteiger partial charge is 0.318 e. The van der Waals surface area contributed by atoms with Crippen molar-refractivity contribution in [3.05, 3.63) is 113 Å². The molecule has 0 fully saturated rings. The Morgan fingerprint density at radius 2 is 1.62 bits per heavy atom. The predicted octanol–water partition coefficient (Wildman–Crippen LogP) is 4.89. The molecule has 9 heteroatoms. The van der Waals surface area contributed by atoms with Crippen molar-refractivity contribution in [2.45, 2.75) is 25.7 Å². The Kier molecular flexibility index (Phi) is 7.54. The second-order valence-corrected chi connectivity index (χ2v) is 10.4. The average Bonchev–Trinajstić information content (AvgIpc) is 3.17. The van der Waals surface area contributed by atoms with Gasteiger partial charge in [0.25, 0.3) is 15.9 Å². The second-order valence-electron chi connectivity index (χ2n) is 8.57. The zero-order valence-corrected chi connectivity index (χ0v) is 21.5. The lowest BCUT2D eigenvalue weighted by Crippen LogP contribution is -2.40. The highest BCUT2D eigenvalue weighted by Crippen LogP contribution is 2.26. The lowest BCUT2D eigenvalue weighted by atomic mass is 10.2. The predicted molar refractivity (Wildman–Crippen MR) is 143 cm³/mol. The summed E-state index contributed by atoms with van der Waals surface area (Å²) in [5.74, 6) is -1.48. The molecule has 190 valence electrons. The number of para-hydroxylation sites is 1. The van der Waals surface area contributed by atoms with Crippen molar-refractivity contribution in [1.29, 1.82) is 0 Å². The molecule has 3 aromatic carbocycles. The van der Waals surface area contributed by atoms with E-state index in [0.29, 0.717) is 0 Å². The summed E-state index contributed by atoms with van der Waals surface area (Å²) < 4.78 is 44.0. The topological polar surface area (TPSA) is 83.8 Å². The van der Waals surface area contributed by atoms with Crippen molar-refractivity contribution in [1.82, 2.24) is 9.99 Å². The highest BCUT2D eigenvalue weighted by atomic mass is 32.2. The van der Waals surface area contributed by atoms with Crippen LogP contribution in [-0.4, -0.2) is 31.7 Å². The van der Waals surface area contributed by atoms with Crippen molar-refractivity contribution >= 4 is 27.8 Å². The summed E-state index contributed by atoms with van der Waals surface area (Å²) in [6.45, 7) is 5.29. The van der Waals surface area contributed by atoms with Gasteiger partial charge >= 0.3 is 0 Å². The highest BCUT2D eigenvalue weighted by molar-refractivity contribution is 7.92. The summed E-state index contributed by atoms with van der Waals surface area (Å²) in [6, 6.07) is 23.1. The molecular weight excluding hydrogens is 491 g/mol. The van der Waals surface area contributed by atoms with E-state index in [2.05, 4.69) is 15.1 Å². The van der Waals surface area contributed by atoms with Crippen molar-refractivity contribution in [2.75, 3.05) is 10.8 Å². The van der Waals surface area contributed by atoms with Crippen LogP contribution in [0.15, 0.2) is 94.9 Å². The van der Waals surface area contributed by atoms with Crippen molar-refractivity contribution in [2.24, 2.45) is 5.10 Å². The molecule has 0 unspecified atom stereocenters. The number of amides is 1. The number of hydrogen-bond donors (Lipinski definition) is 1. The zero-order chi connectivity index (χ0) is 26.6. The van der Waals surface area contributed by atoms with Crippen LogP contribution in [0.4, 0.5) is 10.1 Å². The van der Waals surface area contributed by atoms with Gasteiger partial charge in [0.15, 0.2) is 0 Å². The van der Waals surface area contributed by atoms with Crippen LogP contribution >= 0.6 is 0 Å². The number of benzene rings is 3. The molecular formula is C28H27FN4O3S. The van der Waals surface area contributed by atoms with E-state index >= 15 is 0 Å². The van der Waals surface area contributed by atoms with Gasteiger partial charge in [0.05, 0.1) is 16.8 Å². The maximum atomic E-state index is 14.6. The molecule has 1 N–H and O–H groups in total. The fraction of sp³-hybridized carbons (Fsp3) is 0.143. The monoisotopic (exact) mass is 518 g/mol. The number of nitrogens with one attached hydrogen (secondary N) is 1. The second kappa shape index (κ2) is 10.8. The van der Waals surface area contributed by atoms with E-state index in [4.69, 9.17) is 0 Å². The zero-order valence-electron chi connectivity index (χ0n) is 20.7. The number of aromatic nitrogens is 1. The van der Waals surface area contributed by atoms with E-state index in [1.165, 1.54) is 36.5 Å². The number of hydrogen-bond acceptors (Lipinski definition) is 4. The number of halogens is 1. The highest BCUT2D eigenvalue weighted by Gasteiger charge is 2.29. The Hall–Kier alpha value is -4.24. The van der Waals surface area contributed by atoms with Crippen LogP contribution in [0.3, 0.4) is 0 Å². The van der Waals surface area contributed by atoms with Crippen LogP contribution in [0.25, 0.3) is 5.69 Å². The van der Waals surface area contributed by atoms with Gasteiger partial charge in [-0.2, -0.15) is 5.10 Å². The van der Waals surface area contributed by atoms with Gasteiger partial charge in [-0.25, -0.2) is 18.2 Å². The van der Waals surface area contributed by atoms with E-state index in [9.17, 15) is 17.6 Å². The molecule has 1 aromatic heterocycles. The molecule has 0 saturated carbocycles. The molecule has 0 saturated heterocycles. The normalized spacial score (nSPS) is 11.6. The van der Waals surface area contributed by atoms with E-state index in [-0.39, 0.29) is 10.6 Å². The molecule has 0 atom stereocenters. The van der Waals surface area contributed by atoms with E-state index < -0.39 is 28.3 Å². The average molecular weight is 519 g/mol. The summed E-state index contributed by atoms with van der Waals surface area (Å²) in [4.78, 5) is 12.7. The molecule has 1 heterocycles.